The van der Waals surface area contributed by atoms with Crippen LogP contribution in [0.1, 0.15) is 24.7 Å². The maximum atomic E-state index is 13.4. The summed E-state index contributed by atoms with van der Waals surface area (Å²) in [5, 5.41) is 0. The number of nitrogens with two attached hydrogens (primary N) is 1. The van der Waals surface area contributed by atoms with Gasteiger partial charge >= 0.3 is 0 Å². The molecule has 1 aliphatic carbocycles. The molecule has 1 atom stereocenters. The van der Waals surface area contributed by atoms with E-state index >= 15 is 0 Å². The van der Waals surface area contributed by atoms with Crippen LogP contribution in [0, 0.1) is 17.6 Å². The Hall–Kier alpha value is -1.49. The van der Waals surface area contributed by atoms with Gasteiger partial charge in [0.05, 0.1) is 11.6 Å². The fourth-order valence-corrected chi connectivity index (χ4v) is 1.90. The Morgan fingerprint density at radius 2 is 2.12 bits per heavy atom. The van der Waals surface area contributed by atoms with E-state index in [1.807, 2.05) is 0 Å². The molecule has 84 valence electrons. The van der Waals surface area contributed by atoms with E-state index in [4.69, 9.17) is 5.73 Å². The number of H-pyrrole nitrogens is 1. The predicted molar refractivity (Wildman–Crippen MR) is 55.7 cm³/mol. The lowest BCUT2D eigenvalue weighted by molar-refractivity contribution is 0.589. The van der Waals surface area contributed by atoms with Crippen molar-refractivity contribution in [1.82, 2.24) is 9.97 Å². The fourth-order valence-electron chi connectivity index (χ4n) is 1.90. The van der Waals surface area contributed by atoms with Crippen molar-refractivity contribution in [3.63, 3.8) is 0 Å². The van der Waals surface area contributed by atoms with E-state index < -0.39 is 11.6 Å². The molecule has 0 amide bonds. The van der Waals surface area contributed by atoms with Crippen LogP contribution in [0.4, 0.5) is 8.78 Å². The first kappa shape index (κ1) is 9.72. The molecule has 0 aliphatic heterocycles. The van der Waals surface area contributed by atoms with Crippen molar-refractivity contribution in [2.24, 2.45) is 11.7 Å². The van der Waals surface area contributed by atoms with Gasteiger partial charge < -0.3 is 10.7 Å². The molecule has 16 heavy (non-hydrogen) atoms. The predicted octanol–water partition coefficient (Wildman–Crippen LogP) is 2.25. The summed E-state index contributed by atoms with van der Waals surface area (Å²) in [6.07, 6.45) is 2.16. The van der Waals surface area contributed by atoms with Crippen LogP contribution in [0.3, 0.4) is 0 Å². The number of aromatic amines is 1. The maximum Gasteiger partial charge on any atom is 0.153 e. The second-order valence-corrected chi connectivity index (χ2v) is 4.27. The van der Waals surface area contributed by atoms with Gasteiger partial charge in [-0.15, -0.1) is 0 Å². The van der Waals surface area contributed by atoms with Crippen LogP contribution < -0.4 is 5.73 Å². The van der Waals surface area contributed by atoms with E-state index in [0.29, 0.717) is 17.3 Å². The monoisotopic (exact) mass is 223 g/mol. The van der Waals surface area contributed by atoms with E-state index in [0.717, 1.165) is 18.9 Å². The van der Waals surface area contributed by atoms with Crippen LogP contribution in [0.15, 0.2) is 12.1 Å². The number of nitrogens with zero attached hydrogens (tertiary/aromatic N) is 1. The zero-order valence-corrected chi connectivity index (χ0v) is 8.50. The lowest BCUT2D eigenvalue weighted by Gasteiger charge is -2.04. The number of rotatable bonds is 2. The number of halogens is 2. The van der Waals surface area contributed by atoms with Crippen LogP contribution in [-0.2, 0) is 0 Å². The Morgan fingerprint density at radius 1 is 1.38 bits per heavy atom. The van der Waals surface area contributed by atoms with Crippen molar-refractivity contribution in [3.8, 4) is 0 Å². The lowest BCUT2D eigenvalue weighted by atomic mass is 10.2. The molecule has 1 aromatic heterocycles. The summed E-state index contributed by atoms with van der Waals surface area (Å²) in [5.41, 5.74) is 6.47. The number of nitrogens with one attached hydrogen (secondary N) is 1. The first-order valence-corrected chi connectivity index (χ1v) is 5.25. The minimum atomic E-state index is -0.652. The van der Waals surface area contributed by atoms with Gasteiger partial charge in [0.1, 0.15) is 17.2 Å². The molecule has 1 saturated carbocycles. The van der Waals surface area contributed by atoms with E-state index in [1.165, 1.54) is 6.07 Å². The average Bonchev–Trinajstić information content (AvgIpc) is 2.97. The van der Waals surface area contributed by atoms with Crippen molar-refractivity contribution in [2.45, 2.75) is 18.9 Å². The van der Waals surface area contributed by atoms with Gasteiger partial charge in [0.25, 0.3) is 0 Å². The van der Waals surface area contributed by atoms with E-state index in [-0.39, 0.29) is 11.6 Å². The molecule has 1 aliphatic rings. The highest BCUT2D eigenvalue weighted by atomic mass is 19.1. The highest BCUT2D eigenvalue weighted by Gasteiger charge is 2.31. The van der Waals surface area contributed by atoms with Gasteiger partial charge in [-0.2, -0.15) is 0 Å². The maximum absolute atomic E-state index is 13.4. The molecular formula is C11H11F2N3. The first-order chi connectivity index (χ1) is 7.65. The number of fused-ring (bicyclic) bond motifs is 1. The Labute approximate surface area is 90.7 Å². The largest absolute Gasteiger partial charge is 0.340 e. The number of hydrogen-bond donors (Lipinski definition) is 2. The smallest absolute Gasteiger partial charge is 0.153 e. The molecule has 2 aromatic rings. The summed E-state index contributed by atoms with van der Waals surface area (Å²) in [7, 11) is 0. The van der Waals surface area contributed by atoms with E-state index in [1.54, 1.807) is 0 Å². The minimum Gasteiger partial charge on any atom is -0.340 e. The Morgan fingerprint density at radius 3 is 2.81 bits per heavy atom. The summed E-state index contributed by atoms with van der Waals surface area (Å²) in [4.78, 5) is 6.97. The first-order valence-electron chi connectivity index (χ1n) is 5.25. The van der Waals surface area contributed by atoms with Crippen molar-refractivity contribution < 1.29 is 8.78 Å². The molecule has 1 unspecified atom stereocenters. The van der Waals surface area contributed by atoms with Gasteiger partial charge in [0, 0.05) is 6.07 Å². The van der Waals surface area contributed by atoms with Crippen molar-refractivity contribution in [3.05, 3.63) is 29.6 Å². The standard InChI is InChI=1S/C11H11F2N3/c12-6-3-7(13)10-8(4-6)15-11(16-10)9(14)5-1-2-5/h3-5,9H,1-2,14H2,(H,15,16). The molecule has 0 bridgehead atoms. The highest BCUT2D eigenvalue weighted by Crippen LogP contribution is 2.38. The SMILES string of the molecule is NC(c1nc2c(F)cc(F)cc2[nH]1)C1CC1. The molecule has 0 spiro atoms. The van der Waals surface area contributed by atoms with Gasteiger partial charge in [-0.05, 0) is 24.8 Å². The zero-order valence-electron chi connectivity index (χ0n) is 8.50. The van der Waals surface area contributed by atoms with Gasteiger partial charge in [0.2, 0.25) is 0 Å². The van der Waals surface area contributed by atoms with E-state index in [9.17, 15) is 8.78 Å². The lowest BCUT2D eigenvalue weighted by Crippen LogP contribution is -2.13. The molecule has 5 heteroatoms. The van der Waals surface area contributed by atoms with Crippen LogP contribution in [0.25, 0.3) is 11.0 Å². The summed E-state index contributed by atoms with van der Waals surface area (Å²) in [5.74, 6) is -0.295. The van der Waals surface area contributed by atoms with Gasteiger partial charge in [-0.25, -0.2) is 13.8 Å². The molecular weight excluding hydrogens is 212 g/mol. The van der Waals surface area contributed by atoms with Crippen LogP contribution in [-0.4, -0.2) is 9.97 Å². The molecule has 1 heterocycles. The number of benzene rings is 1. The van der Waals surface area contributed by atoms with Gasteiger partial charge in [0.15, 0.2) is 5.82 Å². The summed E-state index contributed by atoms with van der Waals surface area (Å²) in [6.45, 7) is 0. The van der Waals surface area contributed by atoms with Crippen LogP contribution >= 0.6 is 0 Å². The molecule has 3 rings (SSSR count). The zero-order chi connectivity index (χ0) is 11.3. The molecule has 1 fully saturated rings. The number of hydrogen-bond acceptors (Lipinski definition) is 2. The number of aromatic nitrogens is 2. The third kappa shape index (κ3) is 1.48. The molecule has 0 saturated heterocycles. The van der Waals surface area contributed by atoms with Gasteiger partial charge in [-0.1, -0.05) is 0 Å². The molecule has 0 radical (unpaired) electrons. The second-order valence-electron chi connectivity index (χ2n) is 4.27. The third-order valence-electron chi connectivity index (χ3n) is 2.97. The second kappa shape index (κ2) is 3.25. The van der Waals surface area contributed by atoms with Crippen LogP contribution in [0.5, 0.6) is 0 Å². The Balaban J connectivity index is 2.11. The van der Waals surface area contributed by atoms with Gasteiger partial charge in [-0.3, -0.25) is 0 Å². The fraction of sp³-hybridized carbons (Fsp3) is 0.364. The van der Waals surface area contributed by atoms with Crippen molar-refractivity contribution >= 4 is 11.0 Å². The molecule has 3 nitrogen and oxygen atoms in total. The molecule has 1 aromatic carbocycles. The summed E-state index contributed by atoms with van der Waals surface area (Å²) < 4.78 is 26.3. The highest BCUT2D eigenvalue weighted by molar-refractivity contribution is 5.75. The summed E-state index contributed by atoms with van der Waals surface area (Å²) >= 11 is 0. The summed E-state index contributed by atoms with van der Waals surface area (Å²) in [6, 6.07) is 1.86. The number of imidazole rings is 1. The quantitative estimate of drug-likeness (QED) is 0.820. The normalized spacial score (nSPS) is 17.9. The Kier molecular flexibility index (Phi) is 1.97. The minimum absolute atomic E-state index is 0.160. The van der Waals surface area contributed by atoms with Crippen LogP contribution in [0.2, 0.25) is 0 Å². The Bertz CT molecular complexity index is 545. The topological polar surface area (TPSA) is 54.7 Å². The van der Waals surface area contributed by atoms with E-state index in [2.05, 4.69) is 9.97 Å². The average molecular weight is 223 g/mol. The van der Waals surface area contributed by atoms with Crippen molar-refractivity contribution in [2.75, 3.05) is 0 Å². The third-order valence-corrected chi connectivity index (χ3v) is 2.97. The molecule has 3 N–H and O–H groups in total. The van der Waals surface area contributed by atoms with Crippen molar-refractivity contribution in [1.29, 1.82) is 0 Å².